The number of anilines is 2. The third-order valence-electron chi connectivity index (χ3n) is 13.5. The molecule has 9 rings (SSSR count). The number of piperazine rings is 1. The van der Waals surface area contributed by atoms with Crippen LogP contribution >= 0.6 is 0 Å². The van der Waals surface area contributed by atoms with Crippen molar-refractivity contribution in [3.05, 3.63) is 90.3 Å². The van der Waals surface area contributed by atoms with Crippen molar-refractivity contribution < 1.29 is 38.4 Å². The highest BCUT2D eigenvalue weighted by molar-refractivity contribution is 6.06. The van der Waals surface area contributed by atoms with Crippen molar-refractivity contribution >= 4 is 40.3 Å². The lowest BCUT2D eigenvalue weighted by atomic mass is 9.90. The summed E-state index contributed by atoms with van der Waals surface area (Å²) in [4.78, 5) is 53.6. The first-order valence-electron chi connectivity index (χ1n) is 24.3. The van der Waals surface area contributed by atoms with Gasteiger partial charge in [0, 0.05) is 68.7 Å². The first-order chi connectivity index (χ1) is 33.8. The molecule has 2 atom stereocenters. The number of hydrogen-bond acceptors (Lipinski definition) is 15. The molecule has 366 valence electrons. The molecule has 69 heavy (non-hydrogen) atoms. The van der Waals surface area contributed by atoms with Crippen molar-refractivity contribution in [1.82, 2.24) is 45.1 Å². The number of amides is 3. The second-order valence-corrected chi connectivity index (χ2v) is 17.9. The number of nitrogen functional groups attached to an aromatic ring is 1. The number of piperidine rings is 1. The molecular formula is C50H63N11O8. The van der Waals surface area contributed by atoms with Crippen molar-refractivity contribution in [2.45, 2.75) is 62.9 Å². The summed E-state index contributed by atoms with van der Waals surface area (Å²) in [7, 11) is 0. The Balaban J connectivity index is 0.605. The summed E-state index contributed by atoms with van der Waals surface area (Å²) in [6, 6.07) is 22.8. The summed E-state index contributed by atoms with van der Waals surface area (Å²) in [6.45, 7) is 8.61. The maximum absolute atomic E-state index is 13.3. The van der Waals surface area contributed by atoms with Crippen LogP contribution in [-0.2, 0) is 23.8 Å². The SMILES string of the molecule is Nc1ncnc2c1c(-c1ccc(Oc3ccccc3)cc1)nn2C1CCC(N2CCN(CCOCCOCCOCCNC(=O)CNc3cccc4c3C(=O)N(C3CCCNC3=O)C4O)CC2)CC1. The molecule has 6 N–H and O–H groups in total. The topological polar surface area (TPSA) is 224 Å². The Labute approximate surface area is 401 Å². The number of rotatable bonds is 21. The van der Waals surface area contributed by atoms with Gasteiger partial charge in [0.15, 0.2) is 11.9 Å². The monoisotopic (exact) mass is 945 g/mol. The quantitative estimate of drug-likeness (QED) is 0.0657. The maximum Gasteiger partial charge on any atom is 0.259 e. The van der Waals surface area contributed by atoms with Gasteiger partial charge in [-0.3, -0.25) is 29.1 Å². The highest BCUT2D eigenvalue weighted by atomic mass is 16.5. The molecule has 5 heterocycles. The number of aliphatic hydroxyl groups excluding tert-OH is 1. The van der Waals surface area contributed by atoms with Gasteiger partial charge in [0.1, 0.15) is 35.4 Å². The van der Waals surface area contributed by atoms with Crippen molar-refractivity contribution in [2.75, 3.05) is 103 Å². The molecule has 2 aromatic heterocycles. The van der Waals surface area contributed by atoms with E-state index in [2.05, 4.69) is 40.4 Å². The normalized spacial score (nSPS) is 21.0. The zero-order chi connectivity index (χ0) is 47.5. The van der Waals surface area contributed by atoms with Gasteiger partial charge in [-0.05, 0) is 81.0 Å². The van der Waals surface area contributed by atoms with Gasteiger partial charge in [-0.2, -0.15) is 5.10 Å². The minimum absolute atomic E-state index is 0.0728. The number of aromatic nitrogens is 4. The summed E-state index contributed by atoms with van der Waals surface area (Å²) < 4.78 is 25.3. The van der Waals surface area contributed by atoms with E-state index in [4.69, 9.17) is 29.8 Å². The fourth-order valence-electron chi connectivity index (χ4n) is 9.91. The number of para-hydroxylation sites is 1. The van der Waals surface area contributed by atoms with Crippen LogP contribution in [-0.4, -0.2) is 161 Å². The van der Waals surface area contributed by atoms with Crippen LogP contribution in [0.25, 0.3) is 22.3 Å². The third-order valence-corrected chi connectivity index (χ3v) is 13.5. The molecule has 1 aliphatic carbocycles. The second-order valence-electron chi connectivity index (χ2n) is 17.9. The van der Waals surface area contributed by atoms with Crippen molar-refractivity contribution in [3.8, 4) is 22.8 Å². The average Bonchev–Trinajstić information content (AvgIpc) is 3.89. The van der Waals surface area contributed by atoms with Crippen LogP contribution in [0.2, 0.25) is 0 Å². The molecule has 2 saturated heterocycles. The third kappa shape index (κ3) is 11.5. The van der Waals surface area contributed by atoms with Crippen molar-refractivity contribution in [1.29, 1.82) is 0 Å². The number of ether oxygens (including phenoxy) is 4. The number of carbonyl (C=O) groups excluding carboxylic acids is 3. The second kappa shape index (κ2) is 22.9. The molecule has 3 aliphatic heterocycles. The summed E-state index contributed by atoms with van der Waals surface area (Å²) in [5.74, 6) is 0.988. The molecular weight excluding hydrogens is 883 g/mol. The Hall–Kier alpha value is -6.22. The van der Waals surface area contributed by atoms with E-state index in [-0.39, 0.29) is 30.0 Å². The average molecular weight is 946 g/mol. The molecule has 0 spiro atoms. The number of fused-ring (bicyclic) bond motifs is 2. The van der Waals surface area contributed by atoms with Gasteiger partial charge in [0.2, 0.25) is 11.8 Å². The maximum atomic E-state index is 13.3. The van der Waals surface area contributed by atoms with Gasteiger partial charge in [0.25, 0.3) is 5.91 Å². The fourth-order valence-corrected chi connectivity index (χ4v) is 9.91. The highest BCUT2D eigenvalue weighted by Gasteiger charge is 2.44. The number of benzene rings is 3. The van der Waals surface area contributed by atoms with E-state index in [0.29, 0.717) is 82.3 Å². The molecule has 3 amide bonds. The lowest BCUT2D eigenvalue weighted by Crippen LogP contribution is -2.51. The van der Waals surface area contributed by atoms with Gasteiger partial charge in [-0.15, -0.1) is 0 Å². The fraction of sp³-hybridized carbons (Fsp3) is 0.480. The number of hydrogen-bond donors (Lipinski definition) is 5. The Morgan fingerprint density at radius 2 is 1.51 bits per heavy atom. The Morgan fingerprint density at radius 1 is 0.797 bits per heavy atom. The van der Waals surface area contributed by atoms with E-state index >= 15 is 0 Å². The smallest absolute Gasteiger partial charge is 0.259 e. The van der Waals surface area contributed by atoms with Crippen LogP contribution in [0.4, 0.5) is 11.5 Å². The molecule has 5 aromatic rings. The van der Waals surface area contributed by atoms with E-state index in [1.807, 2.05) is 54.6 Å². The number of nitrogens with one attached hydrogen (secondary N) is 3. The number of carbonyl (C=O) groups is 3. The van der Waals surface area contributed by atoms with E-state index in [1.54, 1.807) is 18.2 Å². The molecule has 19 nitrogen and oxygen atoms in total. The molecule has 1 saturated carbocycles. The molecule has 19 heteroatoms. The number of nitrogens with zero attached hydrogens (tertiary/aromatic N) is 7. The van der Waals surface area contributed by atoms with Gasteiger partial charge < -0.3 is 45.7 Å². The Bertz CT molecular complexity index is 2510. The van der Waals surface area contributed by atoms with E-state index in [0.717, 1.165) is 98.6 Å². The van der Waals surface area contributed by atoms with Gasteiger partial charge in [-0.1, -0.05) is 30.3 Å². The molecule has 2 unspecified atom stereocenters. The molecule has 4 aliphatic rings. The summed E-state index contributed by atoms with van der Waals surface area (Å²) >= 11 is 0. The van der Waals surface area contributed by atoms with Gasteiger partial charge in [0.05, 0.1) is 63.2 Å². The van der Waals surface area contributed by atoms with Crippen LogP contribution in [0.1, 0.15) is 66.7 Å². The largest absolute Gasteiger partial charge is 0.457 e. The first kappa shape index (κ1) is 47.8. The van der Waals surface area contributed by atoms with E-state index in [9.17, 15) is 19.5 Å². The molecule has 3 fully saturated rings. The van der Waals surface area contributed by atoms with E-state index in [1.165, 1.54) is 11.2 Å². The van der Waals surface area contributed by atoms with Crippen LogP contribution in [0.3, 0.4) is 0 Å². The lowest BCUT2D eigenvalue weighted by molar-refractivity contribution is -0.131. The zero-order valence-electron chi connectivity index (χ0n) is 39.0. The highest BCUT2D eigenvalue weighted by Crippen LogP contribution is 2.40. The lowest BCUT2D eigenvalue weighted by Gasteiger charge is -2.42. The van der Waals surface area contributed by atoms with Crippen molar-refractivity contribution in [3.63, 3.8) is 0 Å². The summed E-state index contributed by atoms with van der Waals surface area (Å²) in [5, 5.41) is 25.4. The zero-order valence-corrected chi connectivity index (χ0v) is 39.0. The van der Waals surface area contributed by atoms with Crippen LogP contribution in [0.5, 0.6) is 11.5 Å². The summed E-state index contributed by atoms with van der Waals surface area (Å²) in [6.07, 6.45) is 5.77. The minimum atomic E-state index is -1.22. The Morgan fingerprint density at radius 3 is 2.26 bits per heavy atom. The van der Waals surface area contributed by atoms with Crippen LogP contribution in [0, 0.1) is 0 Å². The molecule has 0 bridgehead atoms. The van der Waals surface area contributed by atoms with Crippen LogP contribution < -0.4 is 26.4 Å². The Kier molecular flexibility index (Phi) is 15.9. The van der Waals surface area contributed by atoms with E-state index < -0.39 is 18.2 Å². The standard InChI is InChI=1S/C50H63N11O8/c51-46-44-45(34-11-17-38(18-12-34)69-37-6-2-1-3-7-37)57-61(47(44)56-33-55-46)36-15-13-35(14-16-36)59-23-21-58(22-24-59)25-27-67-29-31-68-30-28-66-26-20-52-42(62)32-54-40-9-4-8-39-43(40)50(65)60(49(39)64)41-10-5-19-53-48(41)63/h1-4,6-9,11-12,17-18,33,35-36,41,49,54,64H,5,10,13-16,19-32H2,(H,52,62)(H,53,63)(H2,51,55,56). The predicted octanol–water partition coefficient (Wildman–Crippen LogP) is 3.97. The van der Waals surface area contributed by atoms with Gasteiger partial charge in [-0.25, -0.2) is 14.6 Å². The molecule has 0 radical (unpaired) electrons. The number of nitrogens with two attached hydrogens (primary N) is 1. The first-order valence-corrected chi connectivity index (χ1v) is 24.3. The summed E-state index contributed by atoms with van der Waals surface area (Å²) in [5.41, 5.74) is 10.1. The number of aliphatic hydroxyl groups is 1. The van der Waals surface area contributed by atoms with Crippen molar-refractivity contribution in [2.24, 2.45) is 0 Å². The molecule has 3 aromatic carbocycles. The van der Waals surface area contributed by atoms with Crippen LogP contribution in [0.15, 0.2) is 79.1 Å². The van der Waals surface area contributed by atoms with Gasteiger partial charge >= 0.3 is 0 Å². The minimum Gasteiger partial charge on any atom is -0.457 e. The predicted molar refractivity (Wildman–Crippen MR) is 259 cm³/mol.